The fraction of sp³-hybridized carbons (Fsp3) is 0.462. The minimum Gasteiger partial charge on any atom is -0.354 e. The number of nitrogens with zero attached hydrogens (tertiary/aromatic N) is 3. The lowest BCUT2D eigenvalue weighted by Gasteiger charge is -2.24. The van der Waals surface area contributed by atoms with Gasteiger partial charge in [-0.05, 0) is 18.2 Å². The highest BCUT2D eigenvalue weighted by Crippen LogP contribution is 2.26. The first kappa shape index (κ1) is 14.9. The fourth-order valence-electron chi connectivity index (χ4n) is 2.50. The van der Waals surface area contributed by atoms with Crippen LogP contribution in [0.1, 0.15) is 13.8 Å². The number of aryl methyl sites for hydroxylation is 1. The highest BCUT2D eigenvalue weighted by molar-refractivity contribution is 7.89. The van der Waals surface area contributed by atoms with Crippen LogP contribution in [0.3, 0.4) is 0 Å². The second-order valence-electron chi connectivity index (χ2n) is 6.12. The van der Waals surface area contributed by atoms with E-state index in [0.29, 0.717) is 12.1 Å². The van der Waals surface area contributed by atoms with Gasteiger partial charge in [0.2, 0.25) is 15.9 Å². The Balaban J connectivity index is 1.96. The number of fused-ring (bicyclic) bond motifs is 1. The van der Waals surface area contributed by atoms with Crippen LogP contribution < -0.4 is 10.0 Å². The molecule has 1 atom stereocenters. The van der Waals surface area contributed by atoms with Crippen molar-refractivity contribution in [2.75, 3.05) is 6.54 Å². The highest BCUT2D eigenvalue weighted by atomic mass is 32.2. The second-order valence-corrected chi connectivity index (χ2v) is 7.84. The zero-order valence-corrected chi connectivity index (χ0v) is 13.3. The van der Waals surface area contributed by atoms with Crippen LogP contribution in [0, 0.1) is 5.41 Å². The average Bonchev–Trinajstić information content (AvgIpc) is 2.94. The Hall–Kier alpha value is -2.00. The maximum absolute atomic E-state index is 12.5. The van der Waals surface area contributed by atoms with E-state index in [1.165, 1.54) is 12.1 Å². The summed E-state index contributed by atoms with van der Waals surface area (Å²) in [7, 11) is -2.09. The first-order chi connectivity index (χ1) is 10.2. The summed E-state index contributed by atoms with van der Waals surface area (Å²) in [5, 5.41) is 10.4. The number of aromatic nitrogens is 3. The Morgan fingerprint density at radius 2 is 2.14 bits per heavy atom. The van der Waals surface area contributed by atoms with Crippen LogP contribution in [-0.2, 0) is 21.9 Å². The lowest BCUT2D eigenvalue weighted by molar-refractivity contribution is -0.121. The molecular weight excluding hydrogens is 306 g/mol. The zero-order valence-electron chi connectivity index (χ0n) is 12.5. The lowest BCUT2D eigenvalue weighted by Crippen LogP contribution is -2.46. The quantitative estimate of drug-likeness (QED) is 0.812. The highest BCUT2D eigenvalue weighted by Gasteiger charge is 2.43. The number of carbonyl (C=O) groups excluding carboxylic acids is 1. The Kier molecular flexibility index (Phi) is 3.22. The van der Waals surface area contributed by atoms with Crippen molar-refractivity contribution in [3.8, 4) is 0 Å². The molecule has 9 heteroatoms. The van der Waals surface area contributed by atoms with Crippen molar-refractivity contribution in [2.24, 2.45) is 12.5 Å². The largest absolute Gasteiger partial charge is 0.354 e. The third-order valence-electron chi connectivity index (χ3n) is 3.93. The number of hydrogen-bond donors (Lipinski definition) is 2. The number of rotatable bonds is 3. The summed E-state index contributed by atoms with van der Waals surface area (Å²) in [5.74, 6) is -0.311. The number of nitrogens with one attached hydrogen (secondary N) is 2. The van der Waals surface area contributed by atoms with Crippen LogP contribution in [0.2, 0.25) is 0 Å². The van der Waals surface area contributed by atoms with Crippen LogP contribution in [0.25, 0.3) is 11.0 Å². The van der Waals surface area contributed by atoms with Gasteiger partial charge in [0.05, 0.1) is 10.4 Å². The van der Waals surface area contributed by atoms with Crippen molar-refractivity contribution in [3.05, 3.63) is 18.2 Å². The van der Waals surface area contributed by atoms with Gasteiger partial charge in [-0.1, -0.05) is 19.1 Å². The third-order valence-corrected chi connectivity index (χ3v) is 5.35. The SMILES string of the molecule is Cn1nnc2cc(S(=O)(=O)NC3C(=O)NCC3(C)C)ccc21. The zero-order chi connectivity index (χ0) is 16.1. The maximum Gasteiger partial charge on any atom is 0.241 e. The van der Waals surface area contributed by atoms with E-state index in [2.05, 4.69) is 20.4 Å². The van der Waals surface area contributed by atoms with E-state index in [1.54, 1.807) is 17.8 Å². The molecule has 1 aliphatic rings. The topological polar surface area (TPSA) is 106 Å². The Morgan fingerprint density at radius 1 is 1.41 bits per heavy atom. The molecule has 8 nitrogen and oxygen atoms in total. The van der Waals surface area contributed by atoms with E-state index in [4.69, 9.17) is 0 Å². The standard InChI is InChI=1S/C13H17N5O3S/c1-13(2)7-14-12(19)11(13)16-22(20,21)8-4-5-10-9(6-8)15-17-18(10)3/h4-6,11,16H,7H2,1-3H3,(H,14,19). The van der Waals surface area contributed by atoms with Crippen molar-refractivity contribution >= 4 is 27.0 Å². The van der Waals surface area contributed by atoms with E-state index >= 15 is 0 Å². The van der Waals surface area contributed by atoms with Gasteiger partial charge >= 0.3 is 0 Å². The fourth-order valence-corrected chi connectivity index (χ4v) is 3.88. The van der Waals surface area contributed by atoms with E-state index < -0.39 is 21.5 Å². The van der Waals surface area contributed by atoms with E-state index in [-0.39, 0.29) is 10.8 Å². The van der Waals surface area contributed by atoms with Crippen LogP contribution in [0.5, 0.6) is 0 Å². The summed E-state index contributed by atoms with van der Waals surface area (Å²) in [4.78, 5) is 11.9. The van der Waals surface area contributed by atoms with Gasteiger partial charge in [-0.3, -0.25) is 4.79 Å². The second kappa shape index (κ2) is 4.75. The predicted octanol–water partition coefficient (Wildman–Crippen LogP) is -0.229. The monoisotopic (exact) mass is 323 g/mol. The molecule has 1 amide bonds. The summed E-state index contributed by atoms with van der Waals surface area (Å²) in [6.45, 7) is 4.11. The van der Waals surface area contributed by atoms with Crippen molar-refractivity contribution < 1.29 is 13.2 Å². The molecule has 2 heterocycles. The van der Waals surface area contributed by atoms with Crippen molar-refractivity contribution in [3.63, 3.8) is 0 Å². The molecule has 1 aromatic carbocycles. The molecule has 0 spiro atoms. The van der Waals surface area contributed by atoms with Gasteiger partial charge < -0.3 is 5.32 Å². The molecule has 0 bridgehead atoms. The molecule has 2 N–H and O–H groups in total. The van der Waals surface area contributed by atoms with E-state index in [0.717, 1.165) is 5.52 Å². The van der Waals surface area contributed by atoms with Gasteiger partial charge in [0, 0.05) is 19.0 Å². The smallest absolute Gasteiger partial charge is 0.241 e. The number of benzene rings is 1. The minimum atomic E-state index is -3.82. The molecule has 1 aliphatic heterocycles. The van der Waals surface area contributed by atoms with Crippen LogP contribution in [0.4, 0.5) is 0 Å². The summed E-state index contributed by atoms with van der Waals surface area (Å²) in [6, 6.07) is 3.78. The summed E-state index contributed by atoms with van der Waals surface area (Å²) in [5.41, 5.74) is 0.735. The van der Waals surface area contributed by atoms with Gasteiger partial charge in [-0.2, -0.15) is 4.72 Å². The Labute approximate surface area is 127 Å². The third kappa shape index (κ3) is 2.35. The van der Waals surface area contributed by atoms with Crippen LogP contribution in [-0.4, -0.2) is 41.9 Å². The summed E-state index contributed by atoms with van der Waals surface area (Å²) < 4.78 is 29.1. The molecule has 1 saturated heterocycles. The van der Waals surface area contributed by atoms with Gasteiger partial charge in [0.1, 0.15) is 11.6 Å². The van der Waals surface area contributed by atoms with Crippen LogP contribution in [0.15, 0.2) is 23.1 Å². The molecule has 1 aromatic heterocycles. The molecule has 22 heavy (non-hydrogen) atoms. The average molecular weight is 323 g/mol. The molecular formula is C13H17N5O3S. The number of hydrogen-bond acceptors (Lipinski definition) is 5. The molecule has 118 valence electrons. The van der Waals surface area contributed by atoms with Gasteiger partial charge in [0.15, 0.2) is 0 Å². The molecule has 1 fully saturated rings. The Bertz CT molecular complexity index is 856. The first-order valence-electron chi connectivity index (χ1n) is 6.80. The van der Waals surface area contributed by atoms with Crippen molar-refractivity contribution in [1.82, 2.24) is 25.0 Å². The van der Waals surface area contributed by atoms with Crippen molar-refractivity contribution in [1.29, 1.82) is 0 Å². The van der Waals surface area contributed by atoms with Gasteiger partial charge in [-0.15, -0.1) is 5.10 Å². The number of amides is 1. The summed E-state index contributed by atoms with van der Waals surface area (Å²) >= 11 is 0. The molecule has 3 rings (SSSR count). The van der Waals surface area contributed by atoms with Crippen LogP contribution >= 0.6 is 0 Å². The first-order valence-corrected chi connectivity index (χ1v) is 8.28. The van der Waals surface area contributed by atoms with Gasteiger partial charge in [-0.25, -0.2) is 13.1 Å². The maximum atomic E-state index is 12.5. The Morgan fingerprint density at radius 3 is 2.77 bits per heavy atom. The molecule has 0 saturated carbocycles. The molecule has 1 unspecified atom stereocenters. The lowest BCUT2D eigenvalue weighted by atomic mass is 9.88. The normalized spacial score (nSPS) is 21.2. The molecule has 2 aromatic rings. The van der Waals surface area contributed by atoms with E-state index in [9.17, 15) is 13.2 Å². The van der Waals surface area contributed by atoms with Gasteiger partial charge in [0.25, 0.3) is 0 Å². The summed E-state index contributed by atoms with van der Waals surface area (Å²) in [6.07, 6.45) is 0. The number of carbonyl (C=O) groups is 1. The number of sulfonamides is 1. The molecule has 0 radical (unpaired) electrons. The predicted molar refractivity (Wildman–Crippen MR) is 79.4 cm³/mol. The van der Waals surface area contributed by atoms with E-state index in [1.807, 2.05) is 13.8 Å². The minimum absolute atomic E-state index is 0.0657. The molecule has 0 aliphatic carbocycles. The van der Waals surface area contributed by atoms with Crippen molar-refractivity contribution in [2.45, 2.75) is 24.8 Å².